The quantitative estimate of drug-likeness (QED) is 0.716. The highest BCUT2D eigenvalue weighted by Crippen LogP contribution is 2.07. The largest absolute Gasteiger partial charge is 0.352 e. The van der Waals surface area contributed by atoms with Crippen molar-refractivity contribution >= 4 is 11.9 Å². The Labute approximate surface area is 112 Å². The summed E-state index contributed by atoms with van der Waals surface area (Å²) in [5, 5.41) is 2.47. The highest BCUT2D eigenvalue weighted by molar-refractivity contribution is 5.93. The topological polar surface area (TPSA) is 93.4 Å². The third-order valence-electron chi connectivity index (χ3n) is 2.13. The fourth-order valence-electron chi connectivity index (χ4n) is 1.22. The minimum Gasteiger partial charge on any atom is -0.352 e. The van der Waals surface area contributed by atoms with E-state index in [4.69, 9.17) is 10.6 Å². The van der Waals surface area contributed by atoms with E-state index in [1.807, 2.05) is 20.8 Å². The minimum absolute atomic E-state index is 0.315. The summed E-state index contributed by atoms with van der Waals surface area (Å²) in [5.41, 5.74) is 8.24. The number of carbonyl (C=O) groups excluding carboxylic acids is 2. The molecule has 0 aliphatic rings. The zero-order valence-corrected chi connectivity index (χ0v) is 11.3. The van der Waals surface area contributed by atoms with Gasteiger partial charge in [-0.1, -0.05) is 12.1 Å². The predicted molar refractivity (Wildman–Crippen MR) is 71.2 cm³/mol. The number of amides is 3. The summed E-state index contributed by atoms with van der Waals surface area (Å²) in [6.07, 6.45) is 0. The second-order valence-corrected chi connectivity index (χ2v) is 5.06. The van der Waals surface area contributed by atoms with Crippen LogP contribution in [-0.2, 0) is 11.4 Å². The summed E-state index contributed by atoms with van der Waals surface area (Å²) in [7, 11) is 0. The SMILES string of the molecule is CC(C)(C)ONC(=O)c1ccc(CNC(N)=O)cc1. The molecule has 0 spiro atoms. The first-order chi connectivity index (χ1) is 8.78. The smallest absolute Gasteiger partial charge is 0.312 e. The first-order valence-corrected chi connectivity index (χ1v) is 5.88. The van der Waals surface area contributed by atoms with Gasteiger partial charge in [0.05, 0.1) is 5.60 Å². The van der Waals surface area contributed by atoms with Crippen molar-refractivity contribution in [3.63, 3.8) is 0 Å². The van der Waals surface area contributed by atoms with Crippen molar-refractivity contribution in [3.8, 4) is 0 Å². The number of nitrogens with one attached hydrogen (secondary N) is 2. The molecule has 0 fully saturated rings. The molecule has 0 atom stereocenters. The number of benzene rings is 1. The number of hydrogen-bond donors (Lipinski definition) is 3. The molecule has 6 heteroatoms. The Morgan fingerprint density at radius 1 is 1.21 bits per heavy atom. The highest BCUT2D eigenvalue weighted by Gasteiger charge is 2.13. The third-order valence-corrected chi connectivity index (χ3v) is 2.13. The first kappa shape index (κ1) is 15.0. The summed E-state index contributed by atoms with van der Waals surface area (Å²) in [5.74, 6) is -0.315. The molecule has 0 aliphatic heterocycles. The summed E-state index contributed by atoms with van der Waals surface area (Å²) in [4.78, 5) is 27.5. The molecule has 0 heterocycles. The third kappa shape index (κ3) is 5.87. The van der Waals surface area contributed by atoms with E-state index in [0.29, 0.717) is 12.1 Å². The molecule has 1 aromatic carbocycles. The van der Waals surface area contributed by atoms with E-state index in [1.54, 1.807) is 24.3 Å². The van der Waals surface area contributed by atoms with Crippen LogP contribution in [0, 0.1) is 0 Å². The molecular weight excluding hydrogens is 246 g/mol. The van der Waals surface area contributed by atoms with E-state index < -0.39 is 11.6 Å². The van der Waals surface area contributed by atoms with E-state index in [0.717, 1.165) is 5.56 Å². The maximum absolute atomic E-state index is 11.7. The van der Waals surface area contributed by atoms with Crippen molar-refractivity contribution in [1.82, 2.24) is 10.8 Å². The van der Waals surface area contributed by atoms with Gasteiger partial charge in [0.1, 0.15) is 0 Å². The van der Waals surface area contributed by atoms with Gasteiger partial charge >= 0.3 is 6.03 Å². The number of hydroxylamine groups is 1. The van der Waals surface area contributed by atoms with Crippen LogP contribution in [0.1, 0.15) is 36.7 Å². The van der Waals surface area contributed by atoms with Crippen LogP contribution in [0.2, 0.25) is 0 Å². The van der Waals surface area contributed by atoms with Gasteiger partial charge in [-0.15, -0.1) is 0 Å². The van der Waals surface area contributed by atoms with Crippen molar-refractivity contribution in [3.05, 3.63) is 35.4 Å². The van der Waals surface area contributed by atoms with Crippen LogP contribution in [0.15, 0.2) is 24.3 Å². The molecule has 0 unspecified atom stereocenters. The Hall–Kier alpha value is -2.08. The van der Waals surface area contributed by atoms with Crippen LogP contribution in [0.25, 0.3) is 0 Å². The van der Waals surface area contributed by atoms with E-state index in [1.165, 1.54) is 0 Å². The second kappa shape index (κ2) is 6.19. The molecule has 0 aliphatic carbocycles. The number of hydrogen-bond acceptors (Lipinski definition) is 3. The lowest BCUT2D eigenvalue weighted by molar-refractivity contribution is -0.0589. The predicted octanol–water partition coefficient (Wildman–Crippen LogP) is 1.31. The lowest BCUT2D eigenvalue weighted by Gasteiger charge is -2.18. The van der Waals surface area contributed by atoms with Crippen molar-refractivity contribution in [2.24, 2.45) is 5.73 Å². The lowest BCUT2D eigenvalue weighted by atomic mass is 10.1. The molecule has 1 aromatic rings. The number of urea groups is 1. The Balaban J connectivity index is 2.55. The standard InChI is InChI=1S/C13H19N3O3/c1-13(2,3)19-16-11(17)10-6-4-9(5-7-10)8-15-12(14)18/h4-7H,8H2,1-3H3,(H,16,17)(H3,14,15,18). The monoisotopic (exact) mass is 265 g/mol. The van der Waals surface area contributed by atoms with Crippen LogP contribution >= 0.6 is 0 Å². The van der Waals surface area contributed by atoms with Crippen LogP contribution in [0.4, 0.5) is 4.79 Å². The van der Waals surface area contributed by atoms with Crippen LogP contribution in [0.5, 0.6) is 0 Å². The van der Waals surface area contributed by atoms with Gasteiger partial charge < -0.3 is 11.1 Å². The Morgan fingerprint density at radius 2 is 1.79 bits per heavy atom. The van der Waals surface area contributed by atoms with Gasteiger partial charge in [-0.25, -0.2) is 10.3 Å². The average molecular weight is 265 g/mol. The van der Waals surface area contributed by atoms with Crippen molar-refractivity contribution in [1.29, 1.82) is 0 Å². The first-order valence-electron chi connectivity index (χ1n) is 5.88. The molecule has 104 valence electrons. The van der Waals surface area contributed by atoms with Crippen LogP contribution in [0.3, 0.4) is 0 Å². The van der Waals surface area contributed by atoms with Crippen molar-refractivity contribution in [2.45, 2.75) is 32.9 Å². The molecule has 0 saturated carbocycles. The number of nitrogens with two attached hydrogens (primary N) is 1. The lowest BCUT2D eigenvalue weighted by Crippen LogP contribution is -2.33. The van der Waals surface area contributed by atoms with Crippen molar-refractivity contribution in [2.75, 3.05) is 0 Å². The number of rotatable bonds is 4. The van der Waals surface area contributed by atoms with Gasteiger partial charge in [0.15, 0.2) is 0 Å². The van der Waals surface area contributed by atoms with E-state index in [9.17, 15) is 9.59 Å². The fourth-order valence-corrected chi connectivity index (χ4v) is 1.22. The second-order valence-electron chi connectivity index (χ2n) is 5.06. The van der Waals surface area contributed by atoms with Crippen LogP contribution in [-0.4, -0.2) is 17.5 Å². The maximum atomic E-state index is 11.7. The van der Waals surface area contributed by atoms with E-state index in [-0.39, 0.29) is 5.91 Å². The zero-order valence-electron chi connectivity index (χ0n) is 11.3. The van der Waals surface area contributed by atoms with Crippen LogP contribution < -0.4 is 16.5 Å². The zero-order chi connectivity index (χ0) is 14.5. The normalized spacial score (nSPS) is 10.9. The minimum atomic E-state index is -0.583. The van der Waals surface area contributed by atoms with E-state index in [2.05, 4.69) is 10.8 Å². The van der Waals surface area contributed by atoms with Gasteiger partial charge in [0.2, 0.25) is 0 Å². The number of primary amides is 1. The molecule has 0 aromatic heterocycles. The van der Waals surface area contributed by atoms with Gasteiger partial charge in [-0.2, -0.15) is 0 Å². The molecule has 0 bridgehead atoms. The maximum Gasteiger partial charge on any atom is 0.312 e. The van der Waals surface area contributed by atoms with Gasteiger partial charge in [0.25, 0.3) is 5.91 Å². The molecule has 0 saturated heterocycles. The summed E-state index contributed by atoms with van der Waals surface area (Å²) in [6.45, 7) is 5.85. The van der Waals surface area contributed by atoms with Crippen molar-refractivity contribution < 1.29 is 14.4 Å². The Kier molecular flexibility index (Phi) is 4.88. The van der Waals surface area contributed by atoms with E-state index >= 15 is 0 Å². The molecular formula is C13H19N3O3. The summed E-state index contributed by atoms with van der Waals surface area (Å²) in [6, 6.07) is 6.20. The molecule has 1 rings (SSSR count). The molecule has 3 amide bonds. The van der Waals surface area contributed by atoms with Gasteiger partial charge in [-0.05, 0) is 38.5 Å². The molecule has 4 N–H and O–H groups in total. The van der Waals surface area contributed by atoms with Gasteiger partial charge in [-0.3, -0.25) is 9.63 Å². The summed E-state index contributed by atoms with van der Waals surface area (Å²) < 4.78 is 0. The summed E-state index contributed by atoms with van der Waals surface area (Å²) >= 11 is 0. The Morgan fingerprint density at radius 3 is 2.26 bits per heavy atom. The molecule has 19 heavy (non-hydrogen) atoms. The fraction of sp³-hybridized carbons (Fsp3) is 0.385. The highest BCUT2D eigenvalue weighted by atomic mass is 16.7. The molecule has 0 radical (unpaired) electrons. The Bertz CT molecular complexity index is 449. The average Bonchev–Trinajstić information content (AvgIpc) is 2.33. The molecule has 6 nitrogen and oxygen atoms in total. The number of carbonyl (C=O) groups is 2. The van der Waals surface area contributed by atoms with Gasteiger partial charge in [0, 0.05) is 12.1 Å².